The molecule has 0 aliphatic carbocycles. The summed E-state index contributed by atoms with van der Waals surface area (Å²) < 4.78 is 10.8. The van der Waals surface area contributed by atoms with E-state index in [1.807, 2.05) is 44.2 Å². The first-order valence-electron chi connectivity index (χ1n) is 9.66. The van der Waals surface area contributed by atoms with Gasteiger partial charge in [0.2, 0.25) is 11.8 Å². The minimum absolute atomic E-state index is 0.229. The SMILES string of the molecule is CCOc1cc(C)nc(N2C3CCC2CC(O)(c2ccc(OC)cc2)C3)n1. The molecule has 3 heterocycles. The van der Waals surface area contributed by atoms with Crippen LogP contribution in [-0.2, 0) is 5.60 Å². The third kappa shape index (κ3) is 3.34. The van der Waals surface area contributed by atoms with Gasteiger partial charge in [0, 0.05) is 36.7 Å². The normalized spacial score (nSPS) is 26.9. The monoisotopic (exact) mass is 369 g/mol. The van der Waals surface area contributed by atoms with Crippen LogP contribution in [-0.4, -0.2) is 40.9 Å². The van der Waals surface area contributed by atoms with Crippen LogP contribution in [0.1, 0.15) is 43.9 Å². The molecule has 2 unspecified atom stereocenters. The van der Waals surface area contributed by atoms with Crippen molar-refractivity contribution in [3.8, 4) is 11.6 Å². The summed E-state index contributed by atoms with van der Waals surface area (Å²) >= 11 is 0. The van der Waals surface area contributed by atoms with E-state index in [2.05, 4.69) is 14.9 Å². The van der Waals surface area contributed by atoms with Gasteiger partial charge in [-0.15, -0.1) is 0 Å². The molecule has 2 saturated heterocycles. The Labute approximate surface area is 160 Å². The van der Waals surface area contributed by atoms with Gasteiger partial charge in [-0.2, -0.15) is 4.98 Å². The number of piperidine rings is 1. The average molecular weight is 369 g/mol. The van der Waals surface area contributed by atoms with Crippen LogP contribution in [0.25, 0.3) is 0 Å². The van der Waals surface area contributed by atoms with Crippen LogP contribution in [0.5, 0.6) is 11.6 Å². The van der Waals surface area contributed by atoms with Gasteiger partial charge in [-0.1, -0.05) is 12.1 Å². The van der Waals surface area contributed by atoms with E-state index in [0.717, 1.165) is 35.8 Å². The van der Waals surface area contributed by atoms with Gasteiger partial charge in [-0.3, -0.25) is 0 Å². The van der Waals surface area contributed by atoms with Gasteiger partial charge >= 0.3 is 0 Å². The van der Waals surface area contributed by atoms with E-state index < -0.39 is 5.60 Å². The minimum Gasteiger partial charge on any atom is -0.497 e. The van der Waals surface area contributed by atoms with Crippen molar-refractivity contribution in [3.63, 3.8) is 0 Å². The molecule has 0 spiro atoms. The molecular formula is C21H27N3O3. The minimum atomic E-state index is -0.818. The summed E-state index contributed by atoms with van der Waals surface area (Å²) in [5.74, 6) is 2.15. The van der Waals surface area contributed by atoms with E-state index >= 15 is 0 Å². The number of nitrogens with zero attached hydrogens (tertiary/aromatic N) is 3. The highest BCUT2D eigenvalue weighted by molar-refractivity contribution is 5.42. The Bertz CT molecular complexity index is 795. The highest BCUT2D eigenvalue weighted by atomic mass is 16.5. The van der Waals surface area contributed by atoms with E-state index in [0.29, 0.717) is 25.3 Å². The Morgan fingerprint density at radius 3 is 2.41 bits per heavy atom. The van der Waals surface area contributed by atoms with E-state index in [-0.39, 0.29) is 12.1 Å². The molecule has 4 rings (SSSR count). The molecule has 0 saturated carbocycles. The summed E-state index contributed by atoms with van der Waals surface area (Å²) in [6.07, 6.45) is 3.45. The first-order valence-corrected chi connectivity index (χ1v) is 9.66. The number of anilines is 1. The fourth-order valence-electron chi connectivity index (χ4n) is 4.55. The molecule has 2 aromatic rings. The summed E-state index contributed by atoms with van der Waals surface area (Å²) in [6.45, 7) is 4.50. The second-order valence-electron chi connectivity index (χ2n) is 7.54. The number of aromatic nitrogens is 2. The lowest BCUT2D eigenvalue weighted by Crippen LogP contribution is -2.50. The Morgan fingerprint density at radius 2 is 1.81 bits per heavy atom. The van der Waals surface area contributed by atoms with Crippen molar-refractivity contribution in [2.45, 2.75) is 57.2 Å². The maximum absolute atomic E-state index is 11.4. The fourth-order valence-corrected chi connectivity index (χ4v) is 4.55. The molecular weight excluding hydrogens is 342 g/mol. The number of aryl methyl sites for hydroxylation is 1. The van der Waals surface area contributed by atoms with E-state index in [1.165, 1.54) is 0 Å². The second kappa shape index (κ2) is 7.00. The Kier molecular flexibility index (Phi) is 4.68. The molecule has 2 aliphatic rings. The first-order chi connectivity index (χ1) is 13.0. The van der Waals surface area contributed by atoms with Crippen LogP contribution in [0.4, 0.5) is 5.95 Å². The van der Waals surface area contributed by atoms with E-state index in [9.17, 15) is 5.11 Å². The molecule has 1 aromatic carbocycles. The van der Waals surface area contributed by atoms with Crippen LogP contribution >= 0.6 is 0 Å². The van der Waals surface area contributed by atoms with Gasteiger partial charge in [0.05, 0.1) is 19.3 Å². The fraction of sp³-hybridized carbons (Fsp3) is 0.524. The van der Waals surface area contributed by atoms with Crippen molar-refractivity contribution >= 4 is 5.95 Å². The zero-order valence-corrected chi connectivity index (χ0v) is 16.2. The summed E-state index contributed by atoms with van der Waals surface area (Å²) in [7, 11) is 1.65. The molecule has 6 nitrogen and oxygen atoms in total. The lowest BCUT2D eigenvalue weighted by Gasteiger charge is -2.44. The van der Waals surface area contributed by atoms with Crippen molar-refractivity contribution in [2.24, 2.45) is 0 Å². The summed E-state index contributed by atoms with van der Waals surface area (Å²) in [6, 6.07) is 10.1. The van der Waals surface area contributed by atoms with Crippen molar-refractivity contribution < 1.29 is 14.6 Å². The molecule has 0 radical (unpaired) electrons. The third-order valence-electron chi connectivity index (χ3n) is 5.74. The zero-order valence-electron chi connectivity index (χ0n) is 16.2. The van der Waals surface area contributed by atoms with Crippen molar-refractivity contribution in [2.75, 3.05) is 18.6 Å². The maximum atomic E-state index is 11.4. The molecule has 6 heteroatoms. The van der Waals surface area contributed by atoms with E-state index in [1.54, 1.807) is 7.11 Å². The van der Waals surface area contributed by atoms with Crippen molar-refractivity contribution in [3.05, 3.63) is 41.6 Å². The van der Waals surface area contributed by atoms with Crippen LogP contribution in [0.15, 0.2) is 30.3 Å². The number of ether oxygens (including phenoxy) is 2. The molecule has 1 N–H and O–H groups in total. The Hall–Kier alpha value is -2.34. The summed E-state index contributed by atoms with van der Waals surface area (Å²) in [4.78, 5) is 11.6. The van der Waals surface area contributed by atoms with Crippen molar-refractivity contribution in [1.29, 1.82) is 0 Å². The molecule has 1 aromatic heterocycles. The molecule has 2 bridgehead atoms. The number of rotatable bonds is 5. The average Bonchev–Trinajstić information content (AvgIpc) is 2.94. The Morgan fingerprint density at radius 1 is 1.15 bits per heavy atom. The van der Waals surface area contributed by atoms with E-state index in [4.69, 9.17) is 9.47 Å². The molecule has 2 fully saturated rings. The van der Waals surface area contributed by atoms with Gasteiger partial charge in [0.15, 0.2) is 0 Å². The third-order valence-corrected chi connectivity index (χ3v) is 5.74. The molecule has 2 aliphatic heterocycles. The highest BCUT2D eigenvalue weighted by Crippen LogP contribution is 2.47. The molecule has 144 valence electrons. The lowest BCUT2D eigenvalue weighted by molar-refractivity contribution is -0.00341. The largest absolute Gasteiger partial charge is 0.497 e. The van der Waals surface area contributed by atoms with Gasteiger partial charge in [0.1, 0.15) is 5.75 Å². The maximum Gasteiger partial charge on any atom is 0.229 e. The number of fused-ring (bicyclic) bond motifs is 2. The predicted octanol–water partition coefficient (Wildman–Crippen LogP) is 3.21. The van der Waals surface area contributed by atoms with Gasteiger partial charge in [0.25, 0.3) is 0 Å². The first kappa shape index (κ1) is 18.0. The van der Waals surface area contributed by atoms with Gasteiger partial charge < -0.3 is 19.5 Å². The van der Waals surface area contributed by atoms with Crippen LogP contribution in [0, 0.1) is 6.92 Å². The second-order valence-corrected chi connectivity index (χ2v) is 7.54. The Balaban J connectivity index is 1.60. The smallest absolute Gasteiger partial charge is 0.229 e. The number of hydrogen-bond donors (Lipinski definition) is 1. The summed E-state index contributed by atoms with van der Waals surface area (Å²) in [5.41, 5.74) is 1.04. The number of aliphatic hydroxyl groups is 1. The molecule has 27 heavy (non-hydrogen) atoms. The standard InChI is InChI=1S/C21H27N3O3/c1-4-27-19-11-14(2)22-20(23-19)24-16-7-8-17(24)13-21(25,12-16)15-5-9-18(26-3)10-6-15/h5-6,9-11,16-17,25H,4,7-8,12-13H2,1-3H3. The quantitative estimate of drug-likeness (QED) is 0.873. The van der Waals surface area contributed by atoms with Gasteiger partial charge in [-0.25, -0.2) is 4.98 Å². The van der Waals surface area contributed by atoms with Crippen LogP contribution < -0.4 is 14.4 Å². The van der Waals surface area contributed by atoms with Crippen LogP contribution in [0.3, 0.4) is 0 Å². The van der Waals surface area contributed by atoms with Gasteiger partial charge in [-0.05, 0) is 44.4 Å². The van der Waals surface area contributed by atoms with Crippen molar-refractivity contribution in [1.82, 2.24) is 9.97 Å². The number of hydrogen-bond acceptors (Lipinski definition) is 6. The lowest BCUT2D eigenvalue weighted by atomic mass is 9.80. The highest BCUT2D eigenvalue weighted by Gasteiger charge is 2.49. The topological polar surface area (TPSA) is 67.7 Å². The molecule has 0 amide bonds. The summed E-state index contributed by atoms with van der Waals surface area (Å²) in [5, 5.41) is 11.4. The van der Waals surface area contributed by atoms with Crippen LogP contribution in [0.2, 0.25) is 0 Å². The zero-order chi connectivity index (χ0) is 19.0. The number of benzene rings is 1. The predicted molar refractivity (Wildman–Crippen MR) is 103 cm³/mol. The molecule has 2 atom stereocenters. The number of methoxy groups -OCH3 is 1.